The van der Waals surface area contributed by atoms with Crippen LogP contribution in [0.2, 0.25) is 0 Å². The Hall–Kier alpha value is -2.13. The van der Waals surface area contributed by atoms with E-state index in [1.165, 1.54) is 9.87 Å². The number of hydrogen-bond acceptors (Lipinski definition) is 4. The smallest absolute Gasteiger partial charge is 0.312 e. The number of unbranched alkanes of at least 4 members (excludes halogenated alkanes) is 1. The Balaban J connectivity index is 1.49. The largest absolute Gasteiger partial charge is 0.352 e. The Bertz CT molecular complexity index is 832. The number of piperazine rings is 1. The van der Waals surface area contributed by atoms with Crippen LogP contribution in [0.1, 0.15) is 36.8 Å². The number of sulfonamides is 1. The summed E-state index contributed by atoms with van der Waals surface area (Å²) in [6, 6.07) is 4.89. The quantitative estimate of drug-likeness (QED) is 0.651. The van der Waals surface area contributed by atoms with Gasteiger partial charge >= 0.3 is 6.03 Å². The van der Waals surface area contributed by atoms with E-state index < -0.39 is 16.1 Å². The van der Waals surface area contributed by atoms with Crippen molar-refractivity contribution in [2.75, 3.05) is 32.7 Å². The van der Waals surface area contributed by atoms with Gasteiger partial charge in [0.25, 0.3) is 0 Å². The molecule has 3 N–H and O–H groups in total. The second-order valence-corrected chi connectivity index (χ2v) is 9.26. The topological polar surface area (TPSA) is 113 Å². The second kappa shape index (κ2) is 8.91. The lowest BCUT2D eigenvalue weighted by Crippen LogP contribution is -2.50. The molecular formula is C19H28N4O4S. The molecule has 1 aromatic rings. The third-order valence-electron chi connectivity index (χ3n) is 5.42. The number of rotatable bonds is 7. The molecule has 1 aliphatic heterocycles. The monoisotopic (exact) mass is 408 g/mol. The molecule has 1 saturated heterocycles. The second-order valence-electron chi connectivity index (χ2n) is 7.32. The van der Waals surface area contributed by atoms with Crippen molar-refractivity contribution in [3.63, 3.8) is 0 Å². The maximum Gasteiger partial charge on any atom is 0.312 e. The molecule has 1 heterocycles. The molecule has 3 rings (SSSR count). The van der Waals surface area contributed by atoms with Crippen LogP contribution in [0.25, 0.3) is 0 Å². The van der Waals surface area contributed by atoms with Gasteiger partial charge < -0.3 is 16.0 Å². The third kappa shape index (κ3) is 4.82. The summed E-state index contributed by atoms with van der Waals surface area (Å²) in [6.07, 6.45) is 4.77. The van der Waals surface area contributed by atoms with Gasteiger partial charge in [0.1, 0.15) is 0 Å². The van der Waals surface area contributed by atoms with Gasteiger partial charge in [0.15, 0.2) is 0 Å². The Morgan fingerprint density at radius 3 is 2.46 bits per heavy atom. The van der Waals surface area contributed by atoms with Gasteiger partial charge in [-0.3, -0.25) is 4.79 Å². The summed E-state index contributed by atoms with van der Waals surface area (Å²) in [4.78, 5) is 25.0. The number of urea groups is 1. The zero-order chi connectivity index (χ0) is 20.1. The predicted molar refractivity (Wildman–Crippen MR) is 105 cm³/mol. The van der Waals surface area contributed by atoms with E-state index in [-0.39, 0.29) is 5.91 Å². The normalized spacial score (nSPS) is 17.4. The molecule has 0 radical (unpaired) electrons. The van der Waals surface area contributed by atoms with Crippen LogP contribution in [0.3, 0.4) is 0 Å². The Morgan fingerprint density at radius 1 is 1.04 bits per heavy atom. The SMILES string of the molecule is NC(=O)NCCCCC(=O)N1CCN(S(=O)(=O)c2ccc3c(c2)CCC3)CC1. The molecule has 2 aliphatic rings. The van der Waals surface area contributed by atoms with Gasteiger partial charge in [0.2, 0.25) is 15.9 Å². The van der Waals surface area contributed by atoms with Gasteiger partial charge in [-0.15, -0.1) is 0 Å². The molecule has 0 unspecified atom stereocenters. The molecule has 0 atom stereocenters. The number of primary amides is 1. The fourth-order valence-corrected chi connectivity index (χ4v) is 5.28. The van der Waals surface area contributed by atoms with Gasteiger partial charge in [-0.1, -0.05) is 6.07 Å². The Labute approximate surface area is 166 Å². The first-order chi connectivity index (χ1) is 13.4. The average molecular weight is 409 g/mol. The first-order valence-electron chi connectivity index (χ1n) is 9.81. The van der Waals surface area contributed by atoms with Crippen LogP contribution in [0.4, 0.5) is 4.79 Å². The lowest BCUT2D eigenvalue weighted by Gasteiger charge is -2.34. The highest BCUT2D eigenvalue weighted by Gasteiger charge is 2.30. The molecule has 1 aromatic carbocycles. The standard InChI is InChI=1S/C19H28N4O4S/c20-19(25)21-9-2-1-6-18(24)22-10-12-23(13-11-22)28(26,27)17-8-7-15-4-3-5-16(15)14-17/h7-8,14H,1-6,9-13H2,(H3,20,21,25). The minimum absolute atomic E-state index is 0.0219. The van der Waals surface area contributed by atoms with Crippen LogP contribution >= 0.6 is 0 Å². The minimum atomic E-state index is -3.52. The number of hydrogen-bond donors (Lipinski definition) is 2. The number of carbonyl (C=O) groups excluding carboxylic acids is 2. The molecule has 0 bridgehead atoms. The van der Waals surface area contributed by atoms with Crippen molar-refractivity contribution in [2.45, 2.75) is 43.4 Å². The van der Waals surface area contributed by atoms with Crippen LogP contribution in [0, 0.1) is 0 Å². The molecule has 28 heavy (non-hydrogen) atoms. The molecule has 0 saturated carbocycles. The van der Waals surface area contributed by atoms with E-state index in [2.05, 4.69) is 5.32 Å². The van der Waals surface area contributed by atoms with Crippen LogP contribution in [-0.2, 0) is 27.7 Å². The molecule has 0 aromatic heterocycles. The first kappa shape index (κ1) is 20.6. The lowest BCUT2D eigenvalue weighted by molar-refractivity contribution is -0.132. The zero-order valence-electron chi connectivity index (χ0n) is 16.0. The first-order valence-corrected chi connectivity index (χ1v) is 11.2. The van der Waals surface area contributed by atoms with Crippen LogP contribution < -0.4 is 11.1 Å². The van der Waals surface area contributed by atoms with Crippen molar-refractivity contribution >= 4 is 22.0 Å². The van der Waals surface area contributed by atoms with Gasteiger partial charge in [-0.2, -0.15) is 4.31 Å². The summed E-state index contributed by atoms with van der Waals surface area (Å²) < 4.78 is 27.4. The Kier molecular flexibility index (Phi) is 6.56. The highest BCUT2D eigenvalue weighted by molar-refractivity contribution is 7.89. The molecule has 0 spiro atoms. The van der Waals surface area contributed by atoms with Crippen LogP contribution in [0.5, 0.6) is 0 Å². The number of carbonyl (C=O) groups is 2. The van der Waals surface area contributed by atoms with Crippen LogP contribution in [0.15, 0.2) is 23.1 Å². The predicted octanol–water partition coefficient (Wildman–Crippen LogP) is 0.847. The van der Waals surface area contributed by atoms with Crippen molar-refractivity contribution in [3.05, 3.63) is 29.3 Å². The van der Waals surface area contributed by atoms with Crippen molar-refractivity contribution in [3.8, 4) is 0 Å². The highest BCUT2D eigenvalue weighted by atomic mass is 32.2. The fourth-order valence-electron chi connectivity index (χ4n) is 3.81. The molecule has 1 fully saturated rings. The number of benzene rings is 1. The van der Waals surface area contributed by atoms with Crippen molar-refractivity contribution in [1.29, 1.82) is 0 Å². The number of nitrogens with two attached hydrogens (primary N) is 1. The van der Waals surface area contributed by atoms with Crippen molar-refractivity contribution < 1.29 is 18.0 Å². The van der Waals surface area contributed by atoms with E-state index in [1.54, 1.807) is 11.0 Å². The van der Waals surface area contributed by atoms with E-state index in [9.17, 15) is 18.0 Å². The Morgan fingerprint density at radius 2 is 1.75 bits per heavy atom. The molecule has 154 valence electrons. The maximum absolute atomic E-state index is 12.9. The summed E-state index contributed by atoms with van der Waals surface area (Å²) in [7, 11) is -3.52. The lowest BCUT2D eigenvalue weighted by atomic mass is 10.1. The molecule has 9 heteroatoms. The summed E-state index contributed by atoms with van der Waals surface area (Å²) in [6.45, 7) is 1.89. The van der Waals surface area contributed by atoms with Gasteiger partial charge in [0.05, 0.1) is 4.90 Å². The van der Waals surface area contributed by atoms with E-state index in [1.807, 2.05) is 12.1 Å². The van der Waals surface area contributed by atoms with Crippen molar-refractivity contribution in [1.82, 2.24) is 14.5 Å². The summed E-state index contributed by atoms with van der Waals surface area (Å²) >= 11 is 0. The fraction of sp³-hybridized carbons (Fsp3) is 0.579. The summed E-state index contributed by atoms with van der Waals surface area (Å²) in [5.41, 5.74) is 7.38. The number of fused-ring (bicyclic) bond motifs is 1. The van der Waals surface area contributed by atoms with E-state index in [4.69, 9.17) is 5.73 Å². The number of nitrogens with one attached hydrogen (secondary N) is 1. The number of nitrogens with zero attached hydrogens (tertiary/aromatic N) is 2. The number of amides is 3. The van der Waals surface area contributed by atoms with Gasteiger partial charge in [-0.25, -0.2) is 13.2 Å². The molecule has 1 aliphatic carbocycles. The van der Waals surface area contributed by atoms with Crippen molar-refractivity contribution in [2.24, 2.45) is 5.73 Å². The average Bonchev–Trinajstić information content (AvgIpc) is 3.15. The van der Waals surface area contributed by atoms with E-state index in [0.29, 0.717) is 56.9 Å². The van der Waals surface area contributed by atoms with E-state index in [0.717, 1.165) is 24.8 Å². The van der Waals surface area contributed by atoms with Gasteiger partial charge in [0, 0.05) is 39.1 Å². The van der Waals surface area contributed by atoms with E-state index >= 15 is 0 Å². The molecular weight excluding hydrogens is 380 g/mol. The summed E-state index contributed by atoms with van der Waals surface area (Å²) in [5, 5.41) is 2.49. The summed E-state index contributed by atoms with van der Waals surface area (Å²) in [5.74, 6) is 0.0219. The van der Waals surface area contributed by atoms with Crippen LogP contribution in [-0.4, -0.2) is 62.3 Å². The molecule has 8 nitrogen and oxygen atoms in total. The minimum Gasteiger partial charge on any atom is -0.352 e. The highest BCUT2D eigenvalue weighted by Crippen LogP contribution is 2.26. The third-order valence-corrected chi connectivity index (χ3v) is 7.31. The zero-order valence-corrected chi connectivity index (χ0v) is 16.8. The number of aryl methyl sites for hydroxylation is 2. The van der Waals surface area contributed by atoms with Gasteiger partial charge in [-0.05, 0) is 55.4 Å². The maximum atomic E-state index is 12.9. The molecule has 3 amide bonds.